The van der Waals surface area contributed by atoms with Gasteiger partial charge in [0.15, 0.2) is 0 Å². The van der Waals surface area contributed by atoms with Crippen molar-refractivity contribution in [1.29, 1.82) is 0 Å². The van der Waals surface area contributed by atoms with Crippen molar-refractivity contribution in [1.82, 2.24) is 0 Å². The van der Waals surface area contributed by atoms with Crippen molar-refractivity contribution in [3.63, 3.8) is 0 Å². The highest BCUT2D eigenvalue weighted by Gasteiger charge is 2.57. The number of ketones is 1. The molecule has 22 heavy (non-hydrogen) atoms. The molecule has 0 heterocycles. The van der Waals surface area contributed by atoms with Crippen LogP contribution >= 0.6 is 0 Å². The Morgan fingerprint density at radius 1 is 1.18 bits per heavy atom. The molecular formula is C21H32O. The predicted octanol–water partition coefficient (Wildman–Crippen LogP) is 5.26. The molecule has 4 aliphatic carbocycles. The minimum Gasteiger partial charge on any atom is -0.300 e. The Bertz CT molecular complexity index is 480. The second-order valence-corrected chi connectivity index (χ2v) is 9.22. The summed E-state index contributed by atoms with van der Waals surface area (Å²) < 4.78 is 0. The van der Waals surface area contributed by atoms with E-state index in [-0.39, 0.29) is 0 Å². The van der Waals surface area contributed by atoms with Crippen molar-refractivity contribution in [3.05, 3.63) is 12.7 Å². The van der Waals surface area contributed by atoms with Crippen molar-refractivity contribution >= 4 is 5.78 Å². The molecule has 4 aliphatic rings. The number of rotatable bonds is 1. The van der Waals surface area contributed by atoms with Crippen molar-refractivity contribution in [2.75, 3.05) is 0 Å². The van der Waals surface area contributed by atoms with Crippen LogP contribution in [0.15, 0.2) is 12.7 Å². The van der Waals surface area contributed by atoms with E-state index in [2.05, 4.69) is 26.5 Å². The maximum atomic E-state index is 11.9. The predicted molar refractivity (Wildman–Crippen MR) is 90.4 cm³/mol. The van der Waals surface area contributed by atoms with Gasteiger partial charge in [-0.1, -0.05) is 19.9 Å². The summed E-state index contributed by atoms with van der Waals surface area (Å²) in [5.74, 6) is 6.55. The molecule has 4 rings (SSSR count). The van der Waals surface area contributed by atoms with Gasteiger partial charge in [-0.05, 0) is 85.4 Å². The second kappa shape index (κ2) is 5.21. The number of carbonyl (C=O) groups excluding carboxylic acids is 1. The molecule has 8 atom stereocenters. The fraction of sp³-hybridized carbons (Fsp3) is 0.857. The molecule has 1 heteroatoms. The lowest BCUT2D eigenvalue weighted by atomic mass is 9.45. The van der Waals surface area contributed by atoms with Crippen LogP contribution in [0.1, 0.15) is 65.2 Å². The summed E-state index contributed by atoms with van der Waals surface area (Å²) in [5, 5.41) is 0. The average molecular weight is 300 g/mol. The zero-order chi connectivity index (χ0) is 15.5. The van der Waals surface area contributed by atoms with Crippen LogP contribution in [0.5, 0.6) is 0 Å². The number of carbonyl (C=O) groups is 1. The number of fused-ring (bicyclic) bond motifs is 5. The fourth-order valence-electron chi connectivity index (χ4n) is 7.45. The van der Waals surface area contributed by atoms with Crippen LogP contribution in [0.3, 0.4) is 0 Å². The van der Waals surface area contributed by atoms with Gasteiger partial charge in [0.25, 0.3) is 0 Å². The zero-order valence-electron chi connectivity index (χ0n) is 14.4. The van der Waals surface area contributed by atoms with Crippen LogP contribution in [0.25, 0.3) is 0 Å². The molecule has 0 aromatic carbocycles. The lowest BCUT2D eigenvalue weighted by Gasteiger charge is -2.59. The first kappa shape index (κ1) is 15.0. The molecule has 122 valence electrons. The van der Waals surface area contributed by atoms with E-state index in [9.17, 15) is 4.79 Å². The van der Waals surface area contributed by atoms with E-state index in [1.807, 2.05) is 0 Å². The second-order valence-electron chi connectivity index (χ2n) is 9.22. The summed E-state index contributed by atoms with van der Waals surface area (Å²) in [5.41, 5.74) is 0.461. The Balaban J connectivity index is 1.63. The summed E-state index contributed by atoms with van der Waals surface area (Å²) >= 11 is 0. The van der Waals surface area contributed by atoms with Crippen molar-refractivity contribution in [2.45, 2.75) is 65.2 Å². The van der Waals surface area contributed by atoms with Gasteiger partial charge in [0, 0.05) is 12.8 Å². The van der Waals surface area contributed by atoms with Gasteiger partial charge in [-0.2, -0.15) is 0 Å². The number of hydrogen-bond acceptors (Lipinski definition) is 1. The quantitative estimate of drug-likeness (QED) is 0.604. The fourth-order valence-corrected chi connectivity index (χ4v) is 7.45. The van der Waals surface area contributed by atoms with Crippen LogP contribution < -0.4 is 0 Å². The largest absolute Gasteiger partial charge is 0.300 e. The number of allylic oxidation sites excluding steroid dienone is 1. The van der Waals surface area contributed by atoms with Gasteiger partial charge >= 0.3 is 0 Å². The highest BCUT2D eigenvalue weighted by Crippen LogP contribution is 2.64. The molecule has 0 radical (unpaired) electrons. The first-order valence-corrected chi connectivity index (χ1v) is 9.69. The Morgan fingerprint density at radius 3 is 2.73 bits per heavy atom. The molecule has 0 saturated heterocycles. The smallest absolute Gasteiger partial charge is 0.133 e. The minimum atomic E-state index is 0.461. The molecule has 4 fully saturated rings. The maximum Gasteiger partial charge on any atom is 0.133 e. The van der Waals surface area contributed by atoms with E-state index < -0.39 is 0 Å². The van der Waals surface area contributed by atoms with Gasteiger partial charge in [-0.3, -0.25) is 4.79 Å². The third-order valence-corrected chi connectivity index (χ3v) is 8.52. The van der Waals surface area contributed by atoms with Crippen LogP contribution in [-0.4, -0.2) is 5.78 Å². The molecule has 0 aromatic heterocycles. The van der Waals surface area contributed by atoms with Gasteiger partial charge in [0.2, 0.25) is 0 Å². The van der Waals surface area contributed by atoms with E-state index in [1.54, 1.807) is 0 Å². The Hall–Kier alpha value is -0.590. The normalized spacial score (nSPS) is 54.3. The molecule has 0 N–H and O–H groups in total. The first-order chi connectivity index (χ1) is 10.5. The average Bonchev–Trinajstić information content (AvgIpc) is 2.94. The molecular weight excluding hydrogens is 268 g/mol. The summed E-state index contributed by atoms with van der Waals surface area (Å²) in [4.78, 5) is 11.9. The van der Waals surface area contributed by atoms with Gasteiger partial charge in [0.1, 0.15) is 5.78 Å². The standard InChI is InChI=1S/C21H32O/c1-4-14-5-7-18-17-8-6-15-12-16(22)9-10-21(15,3)19(17)11-13(2)20(14)18/h4,13-15,17-20H,1,5-12H2,2-3H3/t13-,14+,15+,17?,18?,19?,20?,21+/m1/s1. The third-order valence-electron chi connectivity index (χ3n) is 8.52. The SMILES string of the molecule is C=C[C@H]1CCC2C3CC[C@H]4CC(=O)CC[C@]4(C)C3C[C@@H](C)C21. The van der Waals surface area contributed by atoms with Crippen LogP contribution in [0.2, 0.25) is 0 Å². The molecule has 0 amide bonds. The highest BCUT2D eigenvalue weighted by atomic mass is 16.1. The Kier molecular flexibility index (Phi) is 3.55. The van der Waals surface area contributed by atoms with Crippen LogP contribution in [-0.2, 0) is 4.79 Å². The van der Waals surface area contributed by atoms with Crippen molar-refractivity contribution in [2.24, 2.45) is 46.8 Å². The lowest BCUT2D eigenvalue weighted by molar-refractivity contribution is -0.137. The van der Waals surface area contributed by atoms with Crippen LogP contribution in [0, 0.1) is 46.8 Å². The van der Waals surface area contributed by atoms with Gasteiger partial charge in [0.05, 0.1) is 0 Å². The summed E-state index contributed by atoms with van der Waals surface area (Å²) in [6.45, 7) is 9.18. The molecule has 4 saturated carbocycles. The van der Waals surface area contributed by atoms with Gasteiger partial charge in [-0.25, -0.2) is 0 Å². The van der Waals surface area contributed by atoms with E-state index in [4.69, 9.17) is 0 Å². The van der Waals surface area contributed by atoms with E-state index >= 15 is 0 Å². The molecule has 0 bridgehead atoms. The monoisotopic (exact) mass is 300 g/mol. The lowest BCUT2D eigenvalue weighted by Crippen LogP contribution is -2.53. The molecule has 1 nitrogen and oxygen atoms in total. The molecule has 0 aliphatic heterocycles. The summed E-state index contributed by atoms with van der Waals surface area (Å²) in [6.07, 6.45) is 12.1. The molecule has 0 aromatic rings. The Labute approximate surface area is 135 Å². The highest BCUT2D eigenvalue weighted by molar-refractivity contribution is 5.79. The maximum absolute atomic E-state index is 11.9. The van der Waals surface area contributed by atoms with Crippen molar-refractivity contribution < 1.29 is 4.79 Å². The molecule has 4 unspecified atom stereocenters. The Morgan fingerprint density at radius 2 is 1.95 bits per heavy atom. The minimum absolute atomic E-state index is 0.461. The van der Waals surface area contributed by atoms with E-state index in [1.165, 1.54) is 38.5 Å². The van der Waals surface area contributed by atoms with Crippen LogP contribution in [0.4, 0.5) is 0 Å². The molecule has 0 spiro atoms. The zero-order valence-corrected chi connectivity index (χ0v) is 14.4. The number of Topliss-reactive ketones (excluding diaryl/α,β-unsaturated/α-hetero) is 1. The topological polar surface area (TPSA) is 17.1 Å². The van der Waals surface area contributed by atoms with Gasteiger partial charge < -0.3 is 0 Å². The summed E-state index contributed by atoms with van der Waals surface area (Å²) in [6, 6.07) is 0. The third kappa shape index (κ3) is 2.00. The van der Waals surface area contributed by atoms with Gasteiger partial charge in [-0.15, -0.1) is 6.58 Å². The number of hydrogen-bond donors (Lipinski definition) is 0. The van der Waals surface area contributed by atoms with E-state index in [0.29, 0.717) is 17.1 Å². The first-order valence-electron chi connectivity index (χ1n) is 9.69. The van der Waals surface area contributed by atoms with Crippen molar-refractivity contribution in [3.8, 4) is 0 Å². The van der Waals surface area contributed by atoms with E-state index in [0.717, 1.165) is 48.3 Å². The summed E-state index contributed by atoms with van der Waals surface area (Å²) in [7, 11) is 0.